The zero-order valence-corrected chi connectivity index (χ0v) is 17.6. The molecule has 4 amide bonds. The van der Waals surface area contributed by atoms with E-state index < -0.39 is 30.2 Å². The molecule has 2 heterocycles. The average Bonchev–Trinajstić information content (AvgIpc) is 3.41. The van der Waals surface area contributed by atoms with E-state index in [1.807, 2.05) is 11.5 Å². The Bertz CT molecular complexity index is 1070. The molecule has 0 spiro atoms. The summed E-state index contributed by atoms with van der Waals surface area (Å²) in [5.41, 5.74) is 2.79. The lowest BCUT2D eigenvalue weighted by Crippen LogP contribution is -2.41. The summed E-state index contributed by atoms with van der Waals surface area (Å²) in [6.07, 6.45) is 3.21. The van der Waals surface area contributed by atoms with Crippen molar-refractivity contribution in [3.05, 3.63) is 58.7 Å². The van der Waals surface area contributed by atoms with Crippen molar-refractivity contribution in [3.8, 4) is 0 Å². The smallest absolute Gasteiger partial charge is 0.334 e. The molecule has 0 atom stereocenters. The number of hydrogen-bond donors (Lipinski definition) is 0. The van der Waals surface area contributed by atoms with E-state index in [0.29, 0.717) is 30.6 Å². The van der Waals surface area contributed by atoms with Gasteiger partial charge in [0.2, 0.25) is 0 Å². The monoisotopic (exact) mass is 425 g/mol. The van der Waals surface area contributed by atoms with Crippen molar-refractivity contribution in [2.24, 2.45) is 0 Å². The predicted molar refractivity (Wildman–Crippen MR) is 110 cm³/mol. The van der Waals surface area contributed by atoms with Crippen LogP contribution in [0.1, 0.15) is 53.0 Å². The van der Waals surface area contributed by atoms with Crippen molar-refractivity contribution in [2.75, 3.05) is 6.54 Å². The van der Waals surface area contributed by atoms with Crippen molar-refractivity contribution in [1.82, 2.24) is 14.4 Å². The second-order valence-corrected chi connectivity index (χ2v) is 8.21. The van der Waals surface area contributed by atoms with Crippen LogP contribution < -0.4 is 0 Å². The lowest BCUT2D eigenvalue weighted by atomic mass is 10.1. The molecule has 31 heavy (non-hydrogen) atoms. The molecule has 0 unspecified atom stereocenters. The first-order valence-corrected chi connectivity index (χ1v) is 10.4. The number of rotatable bonds is 6. The number of nitrogens with zero attached hydrogens (tertiary/aromatic N) is 3. The molecule has 2 aromatic rings. The lowest BCUT2D eigenvalue weighted by Gasteiger charge is -2.20. The van der Waals surface area contributed by atoms with Crippen molar-refractivity contribution in [2.45, 2.75) is 52.1 Å². The standard InChI is InChI=1S/C23H24FN3O4/c1-14-11-19(15(2)25(14)12-16-7-9-17(24)10-8-16)20(28)13-26-21(29)22(30)27(23(26)31)18-5-3-4-6-18/h7-11,18H,3-6,12-13H2,1-2H3. The van der Waals surface area contributed by atoms with Gasteiger partial charge in [-0.1, -0.05) is 25.0 Å². The second-order valence-electron chi connectivity index (χ2n) is 8.21. The number of imide groups is 2. The number of amides is 4. The van der Waals surface area contributed by atoms with Gasteiger partial charge in [-0.2, -0.15) is 0 Å². The maximum Gasteiger partial charge on any atom is 0.334 e. The Morgan fingerprint density at radius 3 is 2.32 bits per heavy atom. The van der Waals surface area contributed by atoms with Crippen molar-refractivity contribution in [3.63, 3.8) is 0 Å². The summed E-state index contributed by atoms with van der Waals surface area (Å²) in [6.45, 7) is 3.63. The third-order valence-electron chi connectivity index (χ3n) is 6.20. The largest absolute Gasteiger partial charge is 0.344 e. The summed E-state index contributed by atoms with van der Waals surface area (Å²) in [7, 11) is 0. The minimum atomic E-state index is -0.939. The molecule has 1 aliphatic carbocycles. The van der Waals surface area contributed by atoms with Gasteiger partial charge < -0.3 is 4.57 Å². The highest BCUT2D eigenvalue weighted by atomic mass is 19.1. The molecule has 0 bridgehead atoms. The highest BCUT2D eigenvalue weighted by Gasteiger charge is 2.48. The van der Waals surface area contributed by atoms with E-state index in [1.54, 1.807) is 25.1 Å². The Morgan fingerprint density at radius 2 is 1.68 bits per heavy atom. The fourth-order valence-electron chi connectivity index (χ4n) is 4.47. The van der Waals surface area contributed by atoms with Crippen LogP contribution in [0.15, 0.2) is 30.3 Å². The van der Waals surface area contributed by atoms with Gasteiger partial charge in [-0.3, -0.25) is 19.3 Å². The van der Waals surface area contributed by atoms with Gasteiger partial charge in [0.05, 0.1) is 6.54 Å². The molecule has 1 saturated carbocycles. The molecule has 2 fully saturated rings. The molecule has 0 radical (unpaired) electrons. The molecule has 1 aromatic heterocycles. The Balaban J connectivity index is 1.52. The highest BCUT2D eigenvalue weighted by Crippen LogP contribution is 2.28. The van der Waals surface area contributed by atoms with E-state index in [-0.39, 0.29) is 11.9 Å². The molecule has 0 N–H and O–H groups in total. The third-order valence-corrected chi connectivity index (χ3v) is 6.20. The van der Waals surface area contributed by atoms with Crippen LogP contribution in [0.25, 0.3) is 0 Å². The first-order valence-electron chi connectivity index (χ1n) is 10.4. The number of ketones is 1. The molecular formula is C23H24FN3O4. The van der Waals surface area contributed by atoms with Crippen LogP contribution >= 0.6 is 0 Å². The zero-order chi connectivity index (χ0) is 22.3. The number of hydrogen-bond acceptors (Lipinski definition) is 4. The molecule has 1 aliphatic heterocycles. The Kier molecular flexibility index (Phi) is 5.47. The summed E-state index contributed by atoms with van der Waals surface area (Å²) in [5, 5.41) is 0. The number of Topliss-reactive ketones (excluding diaryl/α,β-unsaturated/α-hetero) is 1. The summed E-state index contributed by atoms with van der Waals surface area (Å²) in [5.74, 6) is -2.50. The van der Waals surface area contributed by atoms with Crippen LogP contribution in [0.4, 0.5) is 9.18 Å². The van der Waals surface area contributed by atoms with Crippen molar-refractivity contribution < 1.29 is 23.6 Å². The van der Waals surface area contributed by atoms with Gasteiger partial charge in [0, 0.05) is 29.5 Å². The molecule has 8 heteroatoms. The lowest BCUT2D eigenvalue weighted by molar-refractivity contribution is -0.143. The van der Waals surface area contributed by atoms with Crippen LogP contribution in [0.2, 0.25) is 0 Å². The van der Waals surface area contributed by atoms with Gasteiger partial charge in [-0.05, 0) is 50.5 Å². The number of urea groups is 1. The number of aromatic nitrogens is 1. The zero-order valence-electron chi connectivity index (χ0n) is 17.6. The van der Waals surface area contributed by atoms with Crippen LogP contribution in [-0.4, -0.2) is 50.6 Å². The quantitative estimate of drug-likeness (QED) is 0.404. The normalized spacial score (nSPS) is 17.3. The Labute approximate surface area is 179 Å². The van der Waals surface area contributed by atoms with Crippen LogP contribution in [0.5, 0.6) is 0 Å². The highest BCUT2D eigenvalue weighted by molar-refractivity contribution is 6.45. The third kappa shape index (κ3) is 3.78. The maximum atomic E-state index is 13.2. The van der Waals surface area contributed by atoms with Crippen molar-refractivity contribution in [1.29, 1.82) is 0 Å². The summed E-state index contributed by atoms with van der Waals surface area (Å²) in [4.78, 5) is 52.2. The number of halogens is 1. The van der Waals surface area contributed by atoms with E-state index in [2.05, 4.69) is 0 Å². The van der Waals surface area contributed by atoms with Gasteiger partial charge >= 0.3 is 17.8 Å². The molecule has 162 valence electrons. The Hall–Kier alpha value is -3.29. The van der Waals surface area contributed by atoms with E-state index >= 15 is 0 Å². The fraction of sp³-hybridized carbons (Fsp3) is 0.391. The van der Waals surface area contributed by atoms with Crippen LogP contribution in [0, 0.1) is 19.7 Å². The maximum absolute atomic E-state index is 13.2. The first-order chi connectivity index (χ1) is 14.8. The minimum Gasteiger partial charge on any atom is -0.344 e. The minimum absolute atomic E-state index is 0.259. The SMILES string of the molecule is Cc1cc(C(=O)CN2C(=O)C(=O)N(C3CCCC3)C2=O)c(C)n1Cc1ccc(F)cc1. The number of aryl methyl sites for hydroxylation is 1. The first kappa shape index (κ1) is 21.0. The van der Waals surface area contributed by atoms with Crippen LogP contribution in [0.3, 0.4) is 0 Å². The molecule has 4 rings (SSSR count). The summed E-state index contributed by atoms with van der Waals surface area (Å²) < 4.78 is 15.1. The second kappa shape index (κ2) is 8.09. The predicted octanol–water partition coefficient (Wildman–Crippen LogP) is 3.21. The number of benzene rings is 1. The van der Waals surface area contributed by atoms with E-state index in [9.17, 15) is 23.6 Å². The summed E-state index contributed by atoms with van der Waals surface area (Å²) in [6, 6.07) is 6.88. The van der Waals surface area contributed by atoms with Crippen LogP contribution in [-0.2, 0) is 16.1 Å². The molecule has 7 nitrogen and oxygen atoms in total. The van der Waals surface area contributed by atoms with Gasteiger partial charge in [-0.25, -0.2) is 14.1 Å². The Morgan fingerprint density at radius 1 is 1.03 bits per heavy atom. The molecular weight excluding hydrogens is 401 g/mol. The van der Waals surface area contributed by atoms with E-state index in [4.69, 9.17) is 0 Å². The van der Waals surface area contributed by atoms with Gasteiger partial charge in [0.15, 0.2) is 5.78 Å². The summed E-state index contributed by atoms with van der Waals surface area (Å²) >= 11 is 0. The topological polar surface area (TPSA) is 79.7 Å². The molecule has 1 aromatic carbocycles. The van der Waals surface area contributed by atoms with E-state index in [0.717, 1.165) is 33.9 Å². The molecule has 1 saturated heterocycles. The van der Waals surface area contributed by atoms with Gasteiger partial charge in [-0.15, -0.1) is 0 Å². The number of carbonyl (C=O) groups is 4. The van der Waals surface area contributed by atoms with E-state index in [1.165, 1.54) is 12.1 Å². The average molecular weight is 425 g/mol. The van der Waals surface area contributed by atoms with Gasteiger partial charge in [0.25, 0.3) is 0 Å². The fourth-order valence-corrected chi connectivity index (χ4v) is 4.47. The van der Waals surface area contributed by atoms with Gasteiger partial charge in [0.1, 0.15) is 5.82 Å². The van der Waals surface area contributed by atoms with Crippen molar-refractivity contribution >= 4 is 23.6 Å². The molecule has 2 aliphatic rings. The number of carbonyl (C=O) groups excluding carboxylic acids is 4.